The van der Waals surface area contributed by atoms with E-state index in [1.54, 1.807) is 0 Å². The molecule has 6 nitrogen and oxygen atoms in total. The molecule has 0 saturated heterocycles. The molecule has 0 aliphatic carbocycles. The van der Waals surface area contributed by atoms with E-state index in [4.69, 9.17) is 4.74 Å². The summed E-state index contributed by atoms with van der Waals surface area (Å²) in [5, 5.41) is 47.5. The molecular formula is C15H13FO6. The Balaban J connectivity index is 2.02. The van der Waals surface area contributed by atoms with Crippen LogP contribution in [0, 0.1) is 5.82 Å². The molecule has 5 N–H and O–H groups in total. The van der Waals surface area contributed by atoms with Crippen molar-refractivity contribution < 1.29 is 34.7 Å². The van der Waals surface area contributed by atoms with Crippen molar-refractivity contribution >= 4 is 0 Å². The summed E-state index contributed by atoms with van der Waals surface area (Å²) < 4.78 is 19.6. The fourth-order valence-corrected chi connectivity index (χ4v) is 2.55. The van der Waals surface area contributed by atoms with Crippen molar-refractivity contribution in [2.45, 2.75) is 18.9 Å². The molecule has 1 atom stereocenters. The predicted octanol–water partition coefficient (Wildman–Crippen LogP) is 2.42. The number of benzene rings is 2. The van der Waals surface area contributed by atoms with E-state index in [1.165, 1.54) is 12.1 Å². The van der Waals surface area contributed by atoms with Gasteiger partial charge in [-0.2, -0.15) is 0 Å². The minimum atomic E-state index is -1.09. The Hall–Kier alpha value is -2.83. The van der Waals surface area contributed by atoms with Gasteiger partial charge in [-0.1, -0.05) is 0 Å². The zero-order valence-electron chi connectivity index (χ0n) is 11.2. The third-order valence-electron chi connectivity index (χ3n) is 3.66. The predicted molar refractivity (Wildman–Crippen MR) is 72.9 cm³/mol. The molecule has 2 aromatic carbocycles. The maximum absolute atomic E-state index is 14.1. The van der Waals surface area contributed by atoms with Gasteiger partial charge in [0.1, 0.15) is 23.4 Å². The summed E-state index contributed by atoms with van der Waals surface area (Å²) in [4.78, 5) is 0. The zero-order chi connectivity index (χ0) is 16.0. The monoisotopic (exact) mass is 308 g/mol. The molecule has 22 heavy (non-hydrogen) atoms. The molecule has 1 aliphatic heterocycles. The van der Waals surface area contributed by atoms with E-state index >= 15 is 0 Å². The first-order valence-corrected chi connectivity index (χ1v) is 6.53. The number of phenolic OH excluding ortho intramolecular Hbond substituents is 5. The molecule has 0 aromatic heterocycles. The number of rotatable bonds is 1. The molecule has 1 heterocycles. The van der Waals surface area contributed by atoms with E-state index in [0.29, 0.717) is 12.0 Å². The van der Waals surface area contributed by atoms with Crippen molar-refractivity contribution in [2.24, 2.45) is 0 Å². The molecule has 0 spiro atoms. The van der Waals surface area contributed by atoms with Crippen LogP contribution in [0.4, 0.5) is 4.39 Å². The van der Waals surface area contributed by atoms with Crippen molar-refractivity contribution in [2.75, 3.05) is 0 Å². The summed E-state index contributed by atoms with van der Waals surface area (Å²) in [6.07, 6.45) is -0.203. The number of hydrogen-bond acceptors (Lipinski definition) is 6. The largest absolute Gasteiger partial charge is 0.508 e. The van der Waals surface area contributed by atoms with Crippen LogP contribution < -0.4 is 4.74 Å². The maximum Gasteiger partial charge on any atom is 0.203 e. The summed E-state index contributed by atoms with van der Waals surface area (Å²) in [7, 11) is 0. The average Bonchev–Trinajstić information content (AvgIpc) is 2.48. The van der Waals surface area contributed by atoms with Gasteiger partial charge in [0.2, 0.25) is 5.75 Å². The van der Waals surface area contributed by atoms with Crippen molar-refractivity contribution in [3.05, 3.63) is 35.1 Å². The van der Waals surface area contributed by atoms with Crippen molar-refractivity contribution in [1.82, 2.24) is 0 Å². The topological polar surface area (TPSA) is 110 Å². The summed E-state index contributed by atoms with van der Waals surface area (Å²) in [5.74, 6) is -3.87. The van der Waals surface area contributed by atoms with Crippen LogP contribution in [-0.4, -0.2) is 25.5 Å². The highest BCUT2D eigenvalue weighted by molar-refractivity contribution is 5.54. The van der Waals surface area contributed by atoms with Crippen LogP contribution in [0.2, 0.25) is 0 Å². The molecular weight excluding hydrogens is 295 g/mol. The Labute approximate surface area is 124 Å². The van der Waals surface area contributed by atoms with Gasteiger partial charge in [-0.25, -0.2) is 4.39 Å². The molecule has 1 unspecified atom stereocenters. The second kappa shape index (κ2) is 4.87. The second-order valence-corrected chi connectivity index (χ2v) is 5.08. The van der Waals surface area contributed by atoms with Crippen molar-refractivity contribution in [1.29, 1.82) is 0 Å². The average molecular weight is 308 g/mol. The van der Waals surface area contributed by atoms with E-state index in [1.807, 2.05) is 0 Å². The standard InChI is InChI=1S/C15H13FO6/c16-13-8(5-10(19)14(20)15(13)21)11-2-1-7-9(18)3-6(17)4-12(7)22-11/h3-5,11,17-21H,1-2H2. The summed E-state index contributed by atoms with van der Waals surface area (Å²) in [5.41, 5.74) is 0.364. The van der Waals surface area contributed by atoms with E-state index in [0.717, 1.165) is 6.07 Å². The van der Waals surface area contributed by atoms with E-state index in [-0.39, 0.29) is 29.2 Å². The van der Waals surface area contributed by atoms with Crippen LogP contribution in [0.1, 0.15) is 23.7 Å². The first kappa shape index (κ1) is 14.1. The van der Waals surface area contributed by atoms with Gasteiger partial charge >= 0.3 is 0 Å². The fourth-order valence-electron chi connectivity index (χ4n) is 2.55. The number of aromatic hydroxyl groups is 5. The number of halogens is 1. The van der Waals surface area contributed by atoms with Gasteiger partial charge < -0.3 is 30.3 Å². The van der Waals surface area contributed by atoms with Crippen LogP contribution in [0.5, 0.6) is 34.5 Å². The number of fused-ring (bicyclic) bond motifs is 1. The normalized spacial score (nSPS) is 16.9. The van der Waals surface area contributed by atoms with Gasteiger partial charge in [0.05, 0.1) is 0 Å². The second-order valence-electron chi connectivity index (χ2n) is 5.08. The van der Waals surface area contributed by atoms with Crippen LogP contribution in [0.3, 0.4) is 0 Å². The Morgan fingerprint density at radius 1 is 0.955 bits per heavy atom. The molecule has 3 rings (SSSR count). The van der Waals surface area contributed by atoms with Gasteiger partial charge in [-0.3, -0.25) is 0 Å². The molecule has 116 valence electrons. The lowest BCUT2D eigenvalue weighted by Gasteiger charge is -2.27. The van der Waals surface area contributed by atoms with Crippen LogP contribution in [0.25, 0.3) is 0 Å². The van der Waals surface area contributed by atoms with Crippen LogP contribution in [-0.2, 0) is 6.42 Å². The SMILES string of the molecule is Oc1cc(O)c2c(c1)OC(c1cc(O)c(O)c(O)c1F)CC2. The van der Waals surface area contributed by atoms with Crippen molar-refractivity contribution in [3.8, 4) is 34.5 Å². The Morgan fingerprint density at radius 2 is 1.68 bits per heavy atom. The molecule has 7 heteroatoms. The maximum atomic E-state index is 14.1. The molecule has 2 aromatic rings. The third kappa shape index (κ3) is 2.11. The van der Waals surface area contributed by atoms with Gasteiger partial charge in [-0.05, 0) is 18.9 Å². The van der Waals surface area contributed by atoms with Gasteiger partial charge in [0, 0.05) is 23.3 Å². The molecule has 0 saturated carbocycles. The van der Waals surface area contributed by atoms with Gasteiger partial charge in [-0.15, -0.1) is 0 Å². The number of hydrogen-bond donors (Lipinski definition) is 5. The molecule has 1 aliphatic rings. The van der Waals surface area contributed by atoms with Gasteiger partial charge in [0.25, 0.3) is 0 Å². The Kier molecular flexibility index (Phi) is 3.13. The lowest BCUT2D eigenvalue weighted by molar-refractivity contribution is 0.167. The lowest BCUT2D eigenvalue weighted by Crippen LogP contribution is -2.16. The highest BCUT2D eigenvalue weighted by Gasteiger charge is 2.29. The molecule has 0 bridgehead atoms. The molecule has 0 radical (unpaired) electrons. The highest BCUT2D eigenvalue weighted by Crippen LogP contribution is 2.46. The van der Waals surface area contributed by atoms with E-state index in [9.17, 15) is 29.9 Å². The minimum absolute atomic E-state index is 0.120. The number of phenols is 5. The van der Waals surface area contributed by atoms with Crippen molar-refractivity contribution in [3.63, 3.8) is 0 Å². The van der Waals surface area contributed by atoms with Crippen LogP contribution in [0.15, 0.2) is 18.2 Å². The van der Waals surface area contributed by atoms with Gasteiger partial charge in [0.15, 0.2) is 17.3 Å². The summed E-state index contributed by atoms with van der Waals surface area (Å²) in [6, 6.07) is 3.45. The Bertz CT molecular complexity index is 758. The fraction of sp³-hybridized carbons (Fsp3) is 0.200. The third-order valence-corrected chi connectivity index (χ3v) is 3.66. The van der Waals surface area contributed by atoms with E-state index < -0.39 is 29.2 Å². The minimum Gasteiger partial charge on any atom is -0.508 e. The molecule has 0 amide bonds. The summed E-state index contributed by atoms with van der Waals surface area (Å²) >= 11 is 0. The van der Waals surface area contributed by atoms with Crippen LogP contribution >= 0.6 is 0 Å². The zero-order valence-corrected chi connectivity index (χ0v) is 11.2. The Morgan fingerprint density at radius 3 is 2.41 bits per heavy atom. The highest BCUT2D eigenvalue weighted by atomic mass is 19.1. The lowest BCUT2D eigenvalue weighted by atomic mass is 9.96. The van der Waals surface area contributed by atoms with E-state index in [2.05, 4.69) is 0 Å². The molecule has 0 fully saturated rings. The first-order valence-electron chi connectivity index (χ1n) is 6.53. The summed E-state index contributed by atoms with van der Waals surface area (Å²) in [6.45, 7) is 0. The quantitative estimate of drug-likeness (QED) is 0.517. The number of ether oxygens (including phenoxy) is 1. The first-order chi connectivity index (χ1) is 10.4. The smallest absolute Gasteiger partial charge is 0.203 e.